The number of aryl methyl sites for hydroxylation is 1. The van der Waals surface area contributed by atoms with Gasteiger partial charge in [-0.2, -0.15) is 0 Å². The summed E-state index contributed by atoms with van der Waals surface area (Å²) < 4.78 is 7.75. The van der Waals surface area contributed by atoms with Crippen molar-refractivity contribution < 1.29 is 15.0 Å². The molecule has 5 nitrogen and oxygen atoms in total. The molecule has 0 amide bonds. The van der Waals surface area contributed by atoms with E-state index in [1.165, 1.54) is 66.5 Å². The van der Waals surface area contributed by atoms with Gasteiger partial charge in [-0.25, -0.2) is 4.98 Å². The smallest absolute Gasteiger partial charge is 0.311 e. The van der Waals surface area contributed by atoms with Crippen molar-refractivity contribution in [2.45, 2.75) is 122 Å². The summed E-state index contributed by atoms with van der Waals surface area (Å²) in [7, 11) is 1.56. The van der Waals surface area contributed by atoms with E-state index in [2.05, 4.69) is 56.9 Å². The Bertz CT molecular complexity index is 1260. The number of hydrogen-bond donors (Lipinski definition) is 0. The average Bonchev–Trinajstić information content (AvgIpc) is 3.36. The molecular formula is C35H50N2O3. The molecule has 1 unspecified atom stereocenters. The molecule has 0 spiro atoms. The molecular weight excluding hydrogens is 496 g/mol. The number of ether oxygens (including phenoxy) is 1. The lowest BCUT2D eigenvalue weighted by Crippen LogP contribution is -2.52. The van der Waals surface area contributed by atoms with Crippen molar-refractivity contribution in [3.05, 3.63) is 52.6 Å². The topological polar surface area (TPSA) is 75.6 Å². The van der Waals surface area contributed by atoms with Gasteiger partial charge in [0.2, 0.25) is 0 Å². The predicted octanol–water partition coefficient (Wildman–Crippen LogP) is 6.88. The molecule has 0 saturated heterocycles. The average molecular weight is 547 g/mol. The summed E-state index contributed by atoms with van der Waals surface area (Å²) in [5.41, 5.74) is 7.25. The van der Waals surface area contributed by atoms with Crippen LogP contribution in [-0.2, 0) is 33.3 Å². The van der Waals surface area contributed by atoms with Crippen LogP contribution in [0, 0.1) is 29.1 Å². The van der Waals surface area contributed by atoms with Crippen molar-refractivity contribution in [1.29, 1.82) is 0 Å². The minimum atomic E-state index is -0.395. The molecule has 1 aromatic carbocycles. The Hall–Kier alpha value is -2.14. The van der Waals surface area contributed by atoms with Crippen molar-refractivity contribution in [2.24, 2.45) is 29.1 Å². The van der Waals surface area contributed by atoms with Gasteiger partial charge in [0, 0.05) is 18.2 Å². The van der Waals surface area contributed by atoms with Crippen LogP contribution in [0.15, 0.2) is 24.7 Å². The first-order valence-corrected chi connectivity index (χ1v) is 15.9. The summed E-state index contributed by atoms with van der Waals surface area (Å²) >= 11 is 0. The number of fused-ring (bicyclic) bond motifs is 3. The van der Waals surface area contributed by atoms with Crippen LogP contribution in [0.1, 0.15) is 126 Å². The van der Waals surface area contributed by atoms with E-state index in [1.54, 1.807) is 7.11 Å². The molecule has 4 bridgehead atoms. The molecule has 0 aliphatic heterocycles. The highest BCUT2D eigenvalue weighted by atomic mass is 16.5. The number of esters is 1. The Balaban J connectivity index is 0.00000289. The molecule has 5 heteroatoms. The Morgan fingerprint density at radius 3 is 2.38 bits per heavy atom. The molecule has 3 atom stereocenters. The van der Waals surface area contributed by atoms with E-state index in [0.29, 0.717) is 17.3 Å². The number of carbonyl (C=O) groups excluding carboxylic acids is 1. The number of hydrogen-bond acceptors (Lipinski definition) is 3. The minimum absolute atomic E-state index is 0. The number of imidazole rings is 1. The van der Waals surface area contributed by atoms with Crippen LogP contribution < -0.4 is 0 Å². The zero-order valence-electron chi connectivity index (χ0n) is 25.4. The van der Waals surface area contributed by atoms with Crippen LogP contribution in [-0.4, -0.2) is 28.1 Å². The van der Waals surface area contributed by atoms with E-state index in [0.717, 1.165) is 56.4 Å². The molecule has 5 saturated carbocycles. The van der Waals surface area contributed by atoms with Gasteiger partial charge in [0.1, 0.15) is 0 Å². The highest BCUT2D eigenvalue weighted by Gasteiger charge is 2.56. The first-order chi connectivity index (χ1) is 18.6. The Kier molecular flexibility index (Phi) is 6.80. The van der Waals surface area contributed by atoms with Gasteiger partial charge in [0.05, 0.1) is 24.5 Å². The maximum Gasteiger partial charge on any atom is 0.311 e. The zero-order chi connectivity index (χ0) is 27.2. The minimum Gasteiger partial charge on any atom is -0.469 e. The van der Waals surface area contributed by atoms with Gasteiger partial charge in [-0.05, 0) is 128 Å². The SMILES string of the molecule is COC(=O)[C@]1(C)CCC[C@]2(C)c3cc(Cn4cnc(C56CC7CC(CC(C7)C5)C6)c4)c(C(C)C)cc3CCC12.O. The second-order valence-corrected chi connectivity index (χ2v) is 15.3. The second-order valence-electron chi connectivity index (χ2n) is 15.3. The fourth-order valence-electron chi connectivity index (χ4n) is 11.1. The summed E-state index contributed by atoms with van der Waals surface area (Å²) in [6.07, 6.45) is 18.4. The van der Waals surface area contributed by atoms with Gasteiger partial charge in [0.15, 0.2) is 0 Å². The third kappa shape index (κ3) is 4.12. The third-order valence-electron chi connectivity index (χ3n) is 12.5. The van der Waals surface area contributed by atoms with E-state index in [4.69, 9.17) is 9.72 Å². The standard InChI is InChI=1S/C35H48N2O2.H2O/c1-22(2)28-14-26-7-8-30-33(3,9-6-10-34(30,4)32(38)39-5)29(26)15-27(28)19-37-20-31(36-21-37)35-16-23-11-24(17-35)13-25(12-23)18-35;/h14-15,20-25,30H,6-13,16-19H2,1-5H3;1H2/t23?,24?,25?,30?,33-,34-,35?;/m1./s1. The number of methoxy groups -OCH3 is 1. The first-order valence-electron chi connectivity index (χ1n) is 15.9. The molecule has 218 valence electrons. The van der Waals surface area contributed by atoms with Gasteiger partial charge >= 0.3 is 5.97 Å². The highest BCUT2D eigenvalue weighted by molar-refractivity contribution is 5.77. The maximum atomic E-state index is 13.0. The van der Waals surface area contributed by atoms with E-state index >= 15 is 0 Å². The number of nitrogens with zero attached hydrogens (tertiary/aromatic N) is 2. The lowest BCUT2D eigenvalue weighted by Gasteiger charge is -2.56. The molecule has 5 fully saturated rings. The zero-order valence-corrected chi connectivity index (χ0v) is 25.4. The molecule has 2 N–H and O–H groups in total. The predicted molar refractivity (Wildman–Crippen MR) is 158 cm³/mol. The Morgan fingerprint density at radius 1 is 1.07 bits per heavy atom. The van der Waals surface area contributed by atoms with Gasteiger partial charge in [0.25, 0.3) is 0 Å². The van der Waals surface area contributed by atoms with Gasteiger partial charge < -0.3 is 14.8 Å². The fraction of sp³-hybridized carbons (Fsp3) is 0.714. The van der Waals surface area contributed by atoms with Crippen LogP contribution in [0.2, 0.25) is 0 Å². The number of rotatable bonds is 5. The van der Waals surface area contributed by atoms with Crippen LogP contribution in [0.4, 0.5) is 0 Å². The molecule has 2 aromatic rings. The molecule has 6 aliphatic carbocycles. The second kappa shape index (κ2) is 9.71. The Labute approximate surface area is 240 Å². The normalized spacial score (nSPS) is 37.5. The number of aromatic nitrogens is 2. The molecule has 6 aliphatic rings. The lowest BCUT2D eigenvalue weighted by molar-refractivity contribution is -0.161. The van der Waals surface area contributed by atoms with Crippen LogP contribution in [0.25, 0.3) is 0 Å². The summed E-state index contributed by atoms with van der Waals surface area (Å²) in [6.45, 7) is 10.2. The largest absolute Gasteiger partial charge is 0.469 e. The van der Waals surface area contributed by atoms with Crippen molar-refractivity contribution in [3.63, 3.8) is 0 Å². The third-order valence-corrected chi connectivity index (χ3v) is 12.5. The molecule has 1 heterocycles. The summed E-state index contributed by atoms with van der Waals surface area (Å²) in [5.74, 6) is 3.61. The van der Waals surface area contributed by atoms with Crippen LogP contribution in [0.3, 0.4) is 0 Å². The maximum absolute atomic E-state index is 13.0. The summed E-state index contributed by atoms with van der Waals surface area (Å²) in [5, 5.41) is 0. The quantitative estimate of drug-likeness (QED) is 0.384. The Morgan fingerprint density at radius 2 is 1.75 bits per heavy atom. The van der Waals surface area contributed by atoms with Crippen LogP contribution in [0.5, 0.6) is 0 Å². The molecule has 1 aromatic heterocycles. The van der Waals surface area contributed by atoms with Gasteiger partial charge in [-0.15, -0.1) is 0 Å². The van der Waals surface area contributed by atoms with Gasteiger partial charge in [-0.1, -0.05) is 39.3 Å². The number of carbonyl (C=O) groups is 1. The number of benzene rings is 1. The fourth-order valence-corrected chi connectivity index (χ4v) is 11.1. The summed E-state index contributed by atoms with van der Waals surface area (Å²) in [4.78, 5) is 18.2. The van der Waals surface area contributed by atoms with E-state index in [-0.39, 0.29) is 16.9 Å². The lowest BCUT2D eigenvalue weighted by atomic mass is 9.49. The molecule has 8 rings (SSSR count). The van der Waals surface area contributed by atoms with Crippen molar-refractivity contribution in [1.82, 2.24) is 9.55 Å². The first kappa shape index (κ1) is 28.0. The van der Waals surface area contributed by atoms with Crippen molar-refractivity contribution in [2.75, 3.05) is 7.11 Å². The highest BCUT2D eigenvalue weighted by Crippen LogP contribution is 2.61. The van der Waals surface area contributed by atoms with Crippen LogP contribution >= 0.6 is 0 Å². The molecule has 0 radical (unpaired) electrons. The van der Waals surface area contributed by atoms with Crippen molar-refractivity contribution >= 4 is 5.97 Å². The van der Waals surface area contributed by atoms with E-state index in [9.17, 15) is 4.79 Å². The van der Waals surface area contributed by atoms with E-state index in [1.807, 2.05) is 0 Å². The summed E-state index contributed by atoms with van der Waals surface area (Å²) in [6, 6.07) is 5.07. The molecule has 40 heavy (non-hydrogen) atoms. The van der Waals surface area contributed by atoms with Gasteiger partial charge in [-0.3, -0.25) is 4.79 Å². The van der Waals surface area contributed by atoms with Crippen molar-refractivity contribution in [3.8, 4) is 0 Å². The monoisotopic (exact) mass is 546 g/mol. The van der Waals surface area contributed by atoms with E-state index < -0.39 is 5.41 Å².